The molecule has 1 saturated carbocycles. The van der Waals surface area contributed by atoms with Crippen molar-refractivity contribution in [1.82, 2.24) is 9.78 Å². The molecule has 0 unspecified atom stereocenters. The maximum Gasteiger partial charge on any atom is 0.258 e. The van der Waals surface area contributed by atoms with E-state index in [2.05, 4.69) is 15.1 Å². The third-order valence-electron chi connectivity index (χ3n) is 4.38. The lowest BCUT2D eigenvalue weighted by atomic mass is 9.92. The third kappa shape index (κ3) is 5.00. The van der Waals surface area contributed by atoms with E-state index in [-0.39, 0.29) is 16.3 Å². The zero-order chi connectivity index (χ0) is 19.7. The molecule has 27 heavy (non-hydrogen) atoms. The number of rotatable bonds is 5. The van der Waals surface area contributed by atoms with Crippen LogP contribution in [0.4, 0.5) is 11.4 Å². The quantitative estimate of drug-likeness (QED) is 0.698. The predicted octanol–water partition coefficient (Wildman–Crippen LogP) is 2.77. The van der Waals surface area contributed by atoms with Gasteiger partial charge in [0.2, 0.25) is 10.0 Å². The maximum atomic E-state index is 12.5. The molecule has 1 aliphatic rings. The molecule has 146 valence electrons. The molecule has 10 heteroatoms. The van der Waals surface area contributed by atoms with Gasteiger partial charge in [0, 0.05) is 16.9 Å². The molecule has 1 fully saturated rings. The Balaban J connectivity index is 1.76. The minimum atomic E-state index is -3.47. The van der Waals surface area contributed by atoms with Crippen molar-refractivity contribution in [3.63, 3.8) is 0 Å². The molecule has 0 spiro atoms. The third-order valence-corrected chi connectivity index (χ3v) is 5.21. The van der Waals surface area contributed by atoms with Gasteiger partial charge in [-0.3, -0.25) is 9.52 Å². The fourth-order valence-electron chi connectivity index (χ4n) is 3.15. The number of aliphatic hydroxyl groups is 1. The maximum absolute atomic E-state index is 12.5. The van der Waals surface area contributed by atoms with E-state index in [4.69, 9.17) is 11.6 Å². The Kier molecular flexibility index (Phi) is 5.45. The highest BCUT2D eigenvalue weighted by atomic mass is 35.5. The Morgan fingerprint density at radius 3 is 2.56 bits per heavy atom. The van der Waals surface area contributed by atoms with Crippen LogP contribution in [-0.2, 0) is 15.7 Å². The normalized spacial score (nSPS) is 16.7. The van der Waals surface area contributed by atoms with Gasteiger partial charge in [0.15, 0.2) is 5.72 Å². The number of nitrogens with zero attached hydrogens (tertiary/aromatic N) is 2. The second-order valence-electron chi connectivity index (χ2n) is 6.77. The zero-order valence-electron chi connectivity index (χ0n) is 14.8. The lowest BCUT2D eigenvalue weighted by Crippen LogP contribution is -2.35. The van der Waals surface area contributed by atoms with Crippen molar-refractivity contribution in [2.24, 2.45) is 0 Å². The molecule has 0 bridgehead atoms. The molecule has 8 nitrogen and oxygen atoms in total. The predicted molar refractivity (Wildman–Crippen MR) is 103 cm³/mol. The molecule has 0 aliphatic heterocycles. The van der Waals surface area contributed by atoms with Gasteiger partial charge in [0.05, 0.1) is 23.7 Å². The van der Waals surface area contributed by atoms with E-state index in [1.807, 2.05) is 0 Å². The van der Waals surface area contributed by atoms with Crippen LogP contribution in [0.25, 0.3) is 0 Å². The van der Waals surface area contributed by atoms with E-state index in [0.29, 0.717) is 18.5 Å². The summed E-state index contributed by atoms with van der Waals surface area (Å²) >= 11 is 6.00. The largest absolute Gasteiger partial charge is 0.369 e. The zero-order valence-corrected chi connectivity index (χ0v) is 16.3. The van der Waals surface area contributed by atoms with Crippen molar-refractivity contribution in [2.75, 3.05) is 16.3 Å². The van der Waals surface area contributed by atoms with Crippen molar-refractivity contribution in [2.45, 2.75) is 37.8 Å². The van der Waals surface area contributed by atoms with Gasteiger partial charge in [0.25, 0.3) is 5.91 Å². The summed E-state index contributed by atoms with van der Waals surface area (Å²) in [6, 6.07) is 4.41. The molecule has 3 N–H and O–H groups in total. The van der Waals surface area contributed by atoms with Crippen LogP contribution >= 0.6 is 11.6 Å². The van der Waals surface area contributed by atoms with Crippen LogP contribution in [0.3, 0.4) is 0 Å². The summed E-state index contributed by atoms with van der Waals surface area (Å²) in [5.74, 6) is -0.437. The molecule has 1 aliphatic carbocycles. The molecular weight excluding hydrogens is 392 g/mol. The topological polar surface area (TPSA) is 113 Å². The summed E-state index contributed by atoms with van der Waals surface area (Å²) in [5, 5.41) is 17.8. The summed E-state index contributed by atoms with van der Waals surface area (Å²) in [4.78, 5) is 12.5. The van der Waals surface area contributed by atoms with Crippen LogP contribution in [0.5, 0.6) is 0 Å². The second kappa shape index (κ2) is 7.49. The lowest BCUT2D eigenvalue weighted by Gasteiger charge is -2.32. The number of amides is 1. The highest BCUT2D eigenvalue weighted by molar-refractivity contribution is 7.92. The monoisotopic (exact) mass is 412 g/mol. The summed E-state index contributed by atoms with van der Waals surface area (Å²) in [6.45, 7) is 0. The van der Waals surface area contributed by atoms with Crippen molar-refractivity contribution in [3.05, 3.63) is 41.2 Å². The number of carbonyl (C=O) groups excluding carboxylic acids is 1. The Hall–Kier alpha value is -2.10. The first-order chi connectivity index (χ1) is 12.6. The van der Waals surface area contributed by atoms with Gasteiger partial charge in [-0.1, -0.05) is 18.0 Å². The Bertz CT molecular complexity index is 952. The molecule has 3 rings (SSSR count). The standard InChI is InChI=1S/C17H21ClN4O4S/c1-27(25,26)21-15-8-13(18)7-14(9-15)20-16(23)12-10-19-22(11-12)17(24)5-3-2-4-6-17/h7-11,21,24H,2-6H2,1H3,(H,20,23). The number of hydrogen-bond acceptors (Lipinski definition) is 5. The van der Waals surface area contributed by atoms with Crippen LogP contribution in [0, 0.1) is 0 Å². The van der Waals surface area contributed by atoms with Crippen molar-refractivity contribution in [1.29, 1.82) is 0 Å². The summed E-state index contributed by atoms with van der Waals surface area (Å²) in [6.07, 6.45) is 8.04. The number of benzene rings is 1. The molecule has 1 aromatic carbocycles. The number of carbonyl (C=O) groups is 1. The molecule has 1 aromatic heterocycles. The summed E-state index contributed by atoms with van der Waals surface area (Å²) in [7, 11) is -3.47. The number of anilines is 2. The fourth-order valence-corrected chi connectivity index (χ4v) is 3.93. The smallest absolute Gasteiger partial charge is 0.258 e. The molecule has 0 radical (unpaired) electrons. The average molecular weight is 413 g/mol. The number of aromatic nitrogens is 2. The van der Waals surface area contributed by atoms with Crippen LogP contribution in [0.1, 0.15) is 42.5 Å². The van der Waals surface area contributed by atoms with E-state index in [0.717, 1.165) is 25.5 Å². The van der Waals surface area contributed by atoms with E-state index in [9.17, 15) is 18.3 Å². The van der Waals surface area contributed by atoms with Crippen LogP contribution in [0.2, 0.25) is 5.02 Å². The Labute approximate surface area is 162 Å². The number of hydrogen-bond donors (Lipinski definition) is 3. The van der Waals surface area contributed by atoms with Gasteiger partial charge in [-0.15, -0.1) is 0 Å². The number of halogens is 1. The molecule has 1 heterocycles. The highest BCUT2D eigenvalue weighted by Gasteiger charge is 2.32. The highest BCUT2D eigenvalue weighted by Crippen LogP contribution is 2.32. The number of sulfonamides is 1. The van der Waals surface area contributed by atoms with Gasteiger partial charge in [-0.05, 0) is 43.9 Å². The van der Waals surface area contributed by atoms with Crippen LogP contribution < -0.4 is 10.0 Å². The lowest BCUT2D eigenvalue weighted by molar-refractivity contribution is -0.0795. The summed E-state index contributed by atoms with van der Waals surface area (Å²) < 4.78 is 26.5. The fraction of sp³-hybridized carbons (Fsp3) is 0.412. The molecular formula is C17H21ClN4O4S. The van der Waals surface area contributed by atoms with Gasteiger partial charge in [-0.25, -0.2) is 13.1 Å². The molecule has 0 saturated heterocycles. The van der Waals surface area contributed by atoms with Gasteiger partial charge in [-0.2, -0.15) is 5.10 Å². The first kappa shape index (κ1) is 19.7. The molecule has 0 atom stereocenters. The van der Waals surface area contributed by atoms with E-state index < -0.39 is 21.7 Å². The van der Waals surface area contributed by atoms with Crippen molar-refractivity contribution >= 4 is 38.9 Å². The van der Waals surface area contributed by atoms with E-state index in [1.165, 1.54) is 35.3 Å². The Morgan fingerprint density at radius 2 is 1.89 bits per heavy atom. The van der Waals surface area contributed by atoms with Gasteiger partial charge < -0.3 is 10.4 Å². The molecule has 2 aromatic rings. The first-order valence-corrected chi connectivity index (χ1v) is 10.8. The van der Waals surface area contributed by atoms with Crippen molar-refractivity contribution < 1.29 is 18.3 Å². The SMILES string of the molecule is CS(=O)(=O)Nc1cc(Cl)cc(NC(=O)c2cnn(C3(O)CCCCC3)c2)c1. The van der Waals surface area contributed by atoms with Gasteiger partial charge in [0.1, 0.15) is 0 Å². The van der Waals surface area contributed by atoms with Crippen LogP contribution in [0.15, 0.2) is 30.6 Å². The van der Waals surface area contributed by atoms with Gasteiger partial charge >= 0.3 is 0 Å². The van der Waals surface area contributed by atoms with E-state index >= 15 is 0 Å². The first-order valence-electron chi connectivity index (χ1n) is 8.52. The average Bonchev–Trinajstić information content (AvgIpc) is 3.04. The van der Waals surface area contributed by atoms with E-state index in [1.54, 1.807) is 0 Å². The van der Waals surface area contributed by atoms with Crippen LogP contribution in [-0.4, -0.2) is 35.5 Å². The minimum absolute atomic E-state index is 0.243. The molecule has 1 amide bonds. The summed E-state index contributed by atoms with van der Waals surface area (Å²) in [5.41, 5.74) is -0.193. The Morgan fingerprint density at radius 1 is 1.22 bits per heavy atom. The number of nitrogens with one attached hydrogen (secondary N) is 2. The minimum Gasteiger partial charge on any atom is -0.369 e. The second-order valence-corrected chi connectivity index (χ2v) is 8.96. The van der Waals surface area contributed by atoms with Crippen molar-refractivity contribution in [3.8, 4) is 0 Å².